The van der Waals surface area contributed by atoms with Crippen molar-refractivity contribution in [3.05, 3.63) is 90.9 Å². The van der Waals surface area contributed by atoms with E-state index < -0.39 is 0 Å². The maximum atomic E-state index is 4.32. The summed E-state index contributed by atoms with van der Waals surface area (Å²) in [7, 11) is 0. The average Bonchev–Trinajstić information content (AvgIpc) is 2.94. The van der Waals surface area contributed by atoms with Crippen molar-refractivity contribution in [1.29, 1.82) is 0 Å². The molecule has 0 saturated heterocycles. The molecular weight excluding hydrogens is 388 g/mol. The Labute approximate surface area is 161 Å². The summed E-state index contributed by atoms with van der Waals surface area (Å²) in [6.07, 6.45) is 4.25. The van der Waals surface area contributed by atoms with Gasteiger partial charge in [0, 0.05) is 19.8 Å². The fourth-order valence-corrected chi connectivity index (χ4v) is 4.14. The van der Waals surface area contributed by atoms with Gasteiger partial charge >= 0.3 is 0 Å². The van der Waals surface area contributed by atoms with Crippen LogP contribution in [0.1, 0.15) is 20.8 Å². The number of hydrogen-bond donors (Lipinski definition) is 0. The Kier molecular flexibility index (Phi) is 5.41. The maximum Gasteiger partial charge on any atom is 0.0355 e. The summed E-state index contributed by atoms with van der Waals surface area (Å²) in [5.41, 5.74) is 2.55. The fourth-order valence-electron chi connectivity index (χ4n) is 3.00. The van der Waals surface area contributed by atoms with E-state index in [4.69, 9.17) is 0 Å². The summed E-state index contributed by atoms with van der Waals surface area (Å²) in [6, 6.07) is 17.2. The molecule has 3 aromatic rings. The zero-order valence-electron chi connectivity index (χ0n) is 14.8. The molecule has 0 aliphatic carbocycles. The zero-order valence-corrected chi connectivity index (χ0v) is 17.2. The van der Waals surface area contributed by atoms with Crippen LogP contribution in [-0.4, -0.2) is 0 Å². The van der Waals surface area contributed by atoms with Crippen molar-refractivity contribution >= 4 is 49.5 Å². The standard InChI is InChI=1S/C23H21BrS/c1-15(13-14-16(2)24)17(3)19-9-5-6-10-20(19)23-18(4)25-22-12-8-7-11-21(22)23/h5-14H,4H2,1-3H3/b15-13+,16-14+,19-17+,23-20+. The smallest absolute Gasteiger partial charge is 0.0355 e. The lowest BCUT2D eigenvalue weighted by Crippen LogP contribution is -2.09. The third kappa shape index (κ3) is 3.70. The lowest BCUT2D eigenvalue weighted by atomic mass is 10.0. The van der Waals surface area contributed by atoms with Crippen molar-refractivity contribution in [2.45, 2.75) is 20.8 Å². The minimum atomic E-state index is 1.12. The van der Waals surface area contributed by atoms with E-state index in [9.17, 15) is 0 Å². The fraction of sp³-hybridized carbons (Fsp3) is 0.130. The highest BCUT2D eigenvalue weighted by molar-refractivity contribution is 9.11. The summed E-state index contributed by atoms with van der Waals surface area (Å²) in [4.78, 5) is 0. The molecule has 0 amide bonds. The van der Waals surface area contributed by atoms with Crippen LogP contribution < -0.4 is 9.75 Å². The number of hydrogen-bond acceptors (Lipinski definition) is 1. The van der Waals surface area contributed by atoms with Gasteiger partial charge in [-0.3, -0.25) is 0 Å². The van der Waals surface area contributed by atoms with E-state index in [0.29, 0.717) is 0 Å². The molecule has 0 bridgehead atoms. The molecule has 2 aromatic carbocycles. The Bertz CT molecular complexity index is 1190. The number of benzene rings is 2. The van der Waals surface area contributed by atoms with Gasteiger partial charge in [-0.05, 0) is 52.9 Å². The van der Waals surface area contributed by atoms with Gasteiger partial charge in [-0.15, -0.1) is 11.3 Å². The molecule has 3 rings (SSSR count). The van der Waals surface area contributed by atoms with E-state index in [1.165, 1.54) is 36.9 Å². The quantitative estimate of drug-likeness (QED) is 0.455. The van der Waals surface area contributed by atoms with Crippen LogP contribution >= 0.6 is 27.3 Å². The van der Waals surface area contributed by atoms with Crippen LogP contribution in [0.3, 0.4) is 0 Å². The molecule has 25 heavy (non-hydrogen) atoms. The second-order valence-corrected chi connectivity index (χ2v) is 8.56. The Morgan fingerprint density at radius 2 is 1.64 bits per heavy atom. The van der Waals surface area contributed by atoms with Gasteiger partial charge in [0.1, 0.15) is 0 Å². The van der Waals surface area contributed by atoms with E-state index in [0.717, 1.165) is 9.01 Å². The summed E-state index contributed by atoms with van der Waals surface area (Å²) in [6.45, 7) is 10.7. The van der Waals surface area contributed by atoms with E-state index in [-0.39, 0.29) is 0 Å². The monoisotopic (exact) mass is 408 g/mol. The minimum absolute atomic E-state index is 1.12. The third-order valence-electron chi connectivity index (χ3n) is 4.42. The zero-order chi connectivity index (χ0) is 18.0. The molecule has 1 aromatic heterocycles. The van der Waals surface area contributed by atoms with E-state index >= 15 is 0 Å². The van der Waals surface area contributed by atoms with Crippen LogP contribution in [0.15, 0.2) is 70.7 Å². The van der Waals surface area contributed by atoms with Crippen LogP contribution in [0, 0.1) is 10.4 Å². The highest BCUT2D eigenvalue weighted by Crippen LogP contribution is 2.18. The molecule has 2 heteroatoms. The molecule has 0 fully saturated rings. The maximum absolute atomic E-state index is 4.32. The Hall–Kier alpha value is -1.90. The first-order valence-corrected chi connectivity index (χ1v) is 9.88. The molecule has 126 valence electrons. The van der Waals surface area contributed by atoms with E-state index in [2.05, 4.69) is 97.0 Å². The number of thiophene rings is 1. The van der Waals surface area contributed by atoms with Crippen molar-refractivity contribution in [3.63, 3.8) is 0 Å². The first-order chi connectivity index (χ1) is 12.0. The molecule has 0 unspecified atom stereocenters. The molecule has 0 N–H and O–H groups in total. The van der Waals surface area contributed by atoms with Crippen molar-refractivity contribution in [2.75, 3.05) is 0 Å². The molecule has 0 aliphatic heterocycles. The number of rotatable bonds is 2. The third-order valence-corrected chi connectivity index (χ3v) is 5.71. The van der Waals surface area contributed by atoms with Gasteiger partial charge in [-0.1, -0.05) is 77.1 Å². The average molecular weight is 409 g/mol. The van der Waals surface area contributed by atoms with Crippen LogP contribution in [-0.2, 0) is 0 Å². The molecule has 0 radical (unpaired) electrons. The number of allylic oxidation sites excluding steroid dienone is 4. The normalized spacial score (nSPS) is 15.5. The highest BCUT2D eigenvalue weighted by Gasteiger charge is 2.02. The highest BCUT2D eigenvalue weighted by atomic mass is 79.9. The van der Waals surface area contributed by atoms with Crippen LogP contribution in [0.25, 0.3) is 22.2 Å². The summed E-state index contributed by atoms with van der Waals surface area (Å²) in [5.74, 6) is 0. The molecule has 0 nitrogen and oxygen atoms in total. The van der Waals surface area contributed by atoms with Gasteiger partial charge in [-0.2, -0.15) is 0 Å². The summed E-state index contributed by atoms with van der Waals surface area (Å²) >= 11 is 5.26. The van der Waals surface area contributed by atoms with Gasteiger partial charge in [-0.25, -0.2) is 0 Å². The largest absolute Gasteiger partial charge is 0.136 e. The van der Waals surface area contributed by atoms with Crippen LogP contribution in [0.2, 0.25) is 0 Å². The number of fused-ring (bicyclic) bond motifs is 1. The SMILES string of the molecule is C=c1sc2ccccc2\c1=c1/cccc/c1=C(C)\C(C)=C\C=C(/C)Br. The second kappa shape index (κ2) is 7.55. The van der Waals surface area contributed by atoms with Gasteiger partial charge in [0.2, 0.25) is 0 Å². The molecule has 0 atom stereocenters. The lowest BCUT2D eigenvalue weighted by Gasteiger charge is -2.02. The van der Waals surface area contributed by atoms with Crippen molar-refractivity contribution < 1.29 is 0 Å². The van der Waals surface area contributed by atoms with Gasteiger partial charge in [0.15, 0.2) is 0 Å². The van der Waals surface area contributed by atoms with Crippen molar-refractivity contribution in [1.82, 2.24) is 0 Å². The molecular formula is C23H21BrS. The molecule has 0 aliphatic rings. The Morgan fingerprint density at radius 3 is 2.40 bits per heavy atom. The van der Waals surface area contributed by atoms with E-state index in [1.54, 1.807) is 11.3 Å². The Morgan fingerprint density at radius 1 is 0.960 bits per heavy atom. The van der Waals surface area contributed by atoms with Gasteiger partial charge < -0.3 is 0 Å². The first kappa shape index (κ1) is 17.9. The predicted molar refractivity (Wildman–Crippen MR) is 116 cm³/mol. The first-order valence-electron chi connectivity index (χ1n) is 8.27. The summed E-state index contributed by atoms with van der Waals surface area (Å²) in [5, 5.41) is 5.08. The van der Waals surface area contributed by atoms with Gasteiger partial charge in [0.25, 0.3) is 0 Å². The van der Waals surface area contributed by atoms with Crippen LogP contribution in [0.5, 0.6) is 0 Å². The van der Waals surface area contributed by atoms with Gasteiger partial charge in [0.05, 0.1) is 0 Å². The second-order valence-electron chi connectivity index (χ2n) is 6.17. The minimum Gasteiger partial charge on any atom is -0.136 e. The summed E-state index contributed by atoms with van der Waals surface area (Å²) < 4.78 is 3.54. The predicted octanol–water partition coefficient (Wildman–Crippen LogP) is 6.01. The van der Waals surface area contributed by atoms with Crippen molar-refractivity contribution in [3.8, 4) is 0 Å². The topological polar surface area (TPSA) is 0 Å². The molecule has 1 heterocycles. The van der Waals surface area contributed by atoms with Crippen molar-refractivity contribution in [2.24, 2.45) is 0 Å². The van der Waals surface area contributed by atoms with E-state index in [1.807, 2.05) is 6.92 Å². The van der Waals surface area contributed by atoms with Crippen LogP contribution in [0.4, 0.5) is 0 Å². The molecule has 0 spiro atoms. The lowest BCUT2D eigenvalue weighted by molar-refractivity contribution is 1.39. The molecule has 0 saturated carbocycles. The Balaban J connectivity index is 2.52. The number of halogens is 1.